The van der Waals surface area contributed by atoms with Crippen LogP contribution in [0, 0.1) is 5.92 Å². The molecule has 1 saturated heterocycles. The van der Waals surface area contributed by atoms with Gasteiger partial charge in [0, 0.05) is 23.8 Å². The van der Waals surface area contributed by atoms with Gasteiger partial charge in [-0.3, -0.25) is 0 Å². The molecule has 1 nitrogen and oxygen atoms in total. The van der Waals surface area contributed by atoms with Gasteiger partial charge in [0.25, 0.3) is 0 Å². The number of rotatable bonds is 1. The second kappa shape index (κ2) is 2.79. The smallest absolute Gasteiger partial charge is 0.0619 e. The van der Waals surface area contributed by atoms with Crippen LogP contribution in [0.1, 0.15) is 6.92 Å². The first-order valence-corrected chi connectivity index (χ1v) is 5.47. The van der Waals surface area contributed by atoms with E-state index >= 15 is 0 Å². The van der Waals surface area contributed by atoms with Crippen LogP contribution >= 0.6 is 27.3 Å². The topological polar surface area (TPSA) is 3.24 Å². The lowest BCUT2D eigenvalue weighted by atomic mass is 10.0. The van der Waals surface area contributed by atoms with E-state index in [1.165, 1.54) is 23.2 Å². The third-order valence-electron chi connectivity index (χ3n) is 2.00. The number of anilines is 1. The van der Waals surface area contributed by atoms with Gasteiger partial charge in [-0.1, -0.05) is 6.92 Å². The summed E-state index contributed by atoms with van der Waals surface area (Å²) in [6.07, 6.45) is 0. The fourth-order valence-corrected chi connectivity index (χ4v) is 2.95. The van der Waals surface area contributed by atoms with Crippen LogP contribution < -0.4 is 4.90 Å². The van der Waals surface area contributed by atoms with Crippen LogP contribution in [0.5, 0.6) is 0 Å². The predicted molar refractivity (Wildman–Crippen MR) is 53.4 cm³/mol. The first-order valence-electron chi connectivity index (χ1n) is 3.74. The molecule has 1 aliphatic rings. The normalized spacial score (nSPS) is 18.5. The highest BCUT2D eigenvalue weighted by atomic mass is 79.9. The summed E-state index contributed by atoms with van der Waals surface area (Å²) in [4.78, 5) is 2.41. The first kappa shape index (κ1) is 7.62. The second-order valence-electron chi connectivity index (χ2n) is 3.12. The Morgan fingerprint density at radius 1 is 1.55 bits per heavy atom. The zero-order valence-electron chi connectivity index (χ0n) is 6.38. The van der Waals surface area contributed by atoms with Crippen LogP contribution in [-0.2, 0) is 0 Å². The van der Waals surface area contributed by atoms with E-state index in [9.17, 15) is 0 Å². The molecular weight excluding hydrogens is 222 g/mol. The minimum atomic E-state index is 0.877. The van der Waals surface area contributed by atoms with Gasteiger partial charge in [-0.05, 0) is 21.8 Å². The van der Waals surface area contributed by atoms with Gasteiger partial charge >= 0.3 is 0 Å². The monoisotopic (exact) mass is 231 g/mol. The van der Waals surface area contributed by atoms with Crippen LogP contribution in [0.15, 0.2) is 15.2 Å². The van der Waals surface area contributed by atoms with E-state index in [4.69, 9.17) is 0 Å². The second-order valence-corrected chi connectivity index (χ2v) is 4.71. The summed E-state index contributed by atoms with van der Waals surface area (Å²) in [6.45, 7) is 4.72. The molecule has 1 aromatic heterocycles. The van der Waals surface area contributed by atoms with Crippen LogP contribution in [0.3, 0.4) is 0 Å². The molecule has 1 aliphatic heterocycles. The summed E-state index contributed by atoms with van der Waals surface area (Å²) in [5, 5.41) is 4.34. The minimum absolute atomic E-state index is 0.877. The Kier molecular flexibility index (Phi) is 1.93. The molecule has 3 heteroatoms. The maximum Gasteiger partial charge on any atom is 0.0619 e. The predicted octanol–water partition coefficient (Wildman–Crippen LogP) is 2.97. The highest BCUT2D eigenvalue weighted by Gasteiger charge is 2.24. The highest BCUT2D eigenvalue weighted by molar-refractivity contribution is 9.10. The van der Waals surface area contributed by atoms with Crippen molar-refractivity contribution in [2.24, 2.45) is 5.92 Å². The molecule has 0 radical (unpaired) electrons. The standard InChI is InChI=1S/C8H10BrNS/c1-6-2-10(3-6)8-5-11-4-7(8)9/h4-6H,2-3H2,1H3. The molecule has 1 aromatic rings. The maximum absolute atomic E-state index is 3.53. The van der Waals surface area contributed by atoms with Crippen LogP contribution in [-0.4, -0.2) is 13.1 Å². The zero-order valence-corrected chi connectivity index (χ0v) is 8.78. The average Bonchev–Trinajstić information content (AvgIpc) is 2.29. The summed E-state index contributed by atoms with van der Waals surface area (Å²) in [7, 11) is 0. The average molecular weight is 232 g/mol. The van der Waals surface area contributed by atoms with Crippen LogP contribution in [0.25, 0.3) is 0 Å². The molecule has 0 spiro atoms. The molecule has 2 rings (SSSR count). The zero-order chi connectivity index (χ0) is 7.84. The fourth-order valence-electron chi connectivity index (χ4n) is 1.40. The lowest BCUT2D eigenvalue weighted by Crippen LogP contribution is -2.45. The SMILES string of the molecule is CC1CN(c2cscc2Br)C1. The van der Waals surface area contributed by atoms with Gasteiger partial charge in [0.1, 0.15) is 0 Å². The molecule has 0 N–H and O–H groups in total. The fraction of sp³-hybridized carbons (Fsp3) is 0.500. The molecule has 0 atom stereocenters. The summed E-state index contributed by atoms with van der Waals surface area (Å²) in [5.41, 5.74) is 1.37. The Morgan fingerprint density at radius 2 is 2.27 bits per heavy atom. The van der Waals surface area contributed by atoms with E-state index in [0.717, 1.165) is 5.92 Å². The summed E-state index contributed by atoms with van der Waals surface area (Å²) < 4.78 is 1.24. The molecule has 0 saturated carbocycles. The van der Waals surface area contributed by atoms with Gasteiger partial charge in [0.05, 0.1) is 10.2 Å². The van der Waals surface area contributed by atoms with E-state index in [-0.39, 0.29) is 0 Å². The first-order chi connectivity index (χ1) is 5.27. The van der Waals surface area contributed by atoms with Crippen molar-refractivity contribution >= 4 is 33.0 Å². The largest absolute Gasteiger partial charge is 0.369 e. The van der Waals surface area contributed by atoms with Crippen molar-refractivity contribution < 1.29 is 0 Å². The van der Waals surface area contributed by atoms with Gasteiger partial charge in [-0.15, -0.1) is 11.3 Å². The molecule has 0 aliphatic carbocycles. The van der Waals surface area contributed by atoms with Crippen molar-refractivity contribution in [1.29, 1.82) is 0 Å². The van der Waals surface area contributed by atoms with E-state index in [1.807, 2.05) is 0 Å². The highest BCUT2D eigenvalue weighted by Crippen LogP contribution is 2.34. The Bertz CT molecular complexity index is 252. The lowest BCUT2D eigenvalue weighted by Gasteiger charge is -2.38. The van der Waals surface area contributed by atoms with Gasteiger partial charge in [-0.2, -0.15) is 0 Å². The van der Waals surface area contributed by atoms with Gasteiger partial charge in [0.2, 0.25) is 0 Å². The lowest BCUT2D eigenvalue weighted by molar-refractivity contribution is 0.447. The van der Waals surface area contributed by atoms with E-state index < -0.39 is 0 Å². The molecule has 60 valence electrons. The Morgan fingerprint density at radius 3 is 2.73 bits per heavy atom. The summed E-state index contributed by atoms with van der Waals surface area (Å²) in [5.74, 6) is 0.877. The third-order valence-corrected chi connectivity index (χ3v) is 3.67. The Hall–Kier alpha value is -0.0200. The van der Waals surface area contributed by atoms with Crippen molar-refractivity contribution in [1.82, 2.24) is 0 Å². The van der Waals surface area contributed by atoms with Crippen molar-refractivity contribution in [3.05, 3.63) is 15.2 Å². The van der Waals surface area contributed by atoms with Crippen molar-refractivity contribution in [2.75, 3.05) is 18.0 Å². The molecule has 2 heterocycles. The van der Waals surface area contributed by atoms with Gasteiger partial charge < -0.3 is 4.90 Å². The van der Waals surface area contributed by atoms with E-state index in [1.54, 1.807) is 11.3 Å². The number of nitrogens with zero attached hydrogens (tertiary/aromatic N) is 1. The van der Waals surface area contributed by atoms with E-state index in [0.29, 0.717) is 0 Å². The summed E-state index contributed by atoms with van der Waals surface area (Å²) in [6, 6.07) is 0. The molecular formula is C8H10BrNS. The summed E-state index contributed by atoms with van der Waals surface area (Å²) >= 11 is 5.29. The molecule has 0 unspecified atom stereocenters. The number of halogens is 1. The minimum Gasteiger partial charge on any atom is -0.369 e. The third kappa shape index (κ3) is 1.32. The molecule has 11 heavy (non-hydrogen) atoms. The van der Waals surface area contributed by atoms with Crippen molar-refractivity contribution in [3.8, 4) is 0 Å². The Labute approximate surface area is 79.2 Å². The maximum atomic E-state index is 3.53. The number of hydrogen-bond donors (Lipinski definition) is 0. The van der Waals surface area contributed by atoms with Crippen LogP contribution in [0.2, 0.25) is 0 Å². The number of hydrogen-bond acceptors (Lipinski definition) is 2. The molecule has 0 amide bonds. The van der Waals surface area contributed by atoms with Gasteiger partial charge in [0.15, 0.2) is 0 Å². The Balaban J connectivity index is 2.12. The van der Waals surface area contributed by atoms with Crippen molar-refractivity contribution in [2.45, 2.75) is 6.92 Å². The molecule has 1 fully saturated rings. The van der Waals surface area contributed by atoms with Crippen molar-refractivity contribution in [3.63, 3.8) is 0 Å². The molecule has 0 bridgehead atoms. The number of thiophene rings is 1. The van der Waals surface area contributed by atoms with E-state index in [2.05, 4.69) is 38.5 Å². The van der Waals surface area contributed by atoms with Crippen LogP contribution in [0.4, 0.5) is 5.69 Å². The molecule has 0 aromatic carbocycles. The quantitative estimate of drug-likeness (QED) is 0.719. The van der Waals surface area contributed by atoms with Gasteiger partial charge in [-0.25, -0.2) is 0 Å².